The Balaban J connectivity index is 2.00. The zero-order valence-electron chi connectivity index (χ0n) is 12.7. The quantitative estimate of drug-likeness (QED) is 0.500. The lowest BCUT2D eigenvalue weighted by Crippen LogP contribution is -2.01. The van der Waals surface area contributed by atoms with Gasteiger partial charge in [0.1, 0.15) is 17.2 Å². The maximum absolute atomic E-state index is 13.7. The number of halogens is 2. The SMILES string of the molecule is Cc1ccc2c(CSc3ccc(F)cc3F)cc(=O)oc2c1C. The number of benzene rings is 2. The fraction of sp³-hybridized carbons (Fsp3) is 0.167. The van der Waals surface area contributed by atoms with Crippen molar-refractivity contribution in [3.05, 3.63) is 75.1 Å². The summed E-state index contributed by atoms with van der Waals surface area (Å²) in [5, 5.41) is 0.836. The maximum Gasteiger partial charge on any atom is 0.336 e. The van der Waals surface area contributed by atoms with Gasteiger partial charge in [-0.3, -0.25) is 0 Å². The Hall–Kier alpha value is -2.14. The number of hydrogen-bond donors (Lipinski definition) is 0. The molecule has 0 N–H and O–H groups in total. The summed E-state index contributed by atoms with van der Waals surface area (Å²) in [6.45, 7) is 3.85. The number of fused-ring (bicyclic) bond motifs is 1. The van der Waals surface area contributed by atoms with Crippen LogP contribution in [0, 0.1) is 25.5 Å². The van der Waals surface area contributed by atoms with E-state index in [-0.39, 0.29) is 0 Å². The predicted octanol–water partition coefficient (Wildman–Crippen LogP) is 4.98. The minimum Gasteiger partial charge on any atom is -0.422 e. The van der Waals surface area contributed by atoms with E-state index in [4.69, 9.17) is 4.42 Å². The molecule has 0 spiro atoms. The van der Waals surface area contributed by atoms with Crippen molar-refractivity contribution in [2.75, 3.05) is 0 Å². The molecule has 1 aromatic heterocycles. The Labute approximate surface area is 136 Å². The molecular formula is C18H14F2O2S. The standard InChI is InChI=1S/C18H14F2O2S/c1-10-3-5-14-12(7-17(21)22-18(14)11(10)2)9-23-16-6-4-13(19)8-15(16)20/h3-8H,9H2,1-2H3. The van der Waals surface area contributed by atoms with E-state index in [1.165, 1.54) is 30.0 Å². The molecule has 0 bridgehead atoms. The van der Waals surface area contributed by atoms with Crippen molar-refractivity contribution in [2.45, 2.75) is 24.5 Å². The number of rotatable bonds is 3. The molecule has 0 saturated carbocycles. The summed E-state index contributed by atoms with van der Waals surface area (Å²) in [5.74, 6) is -0.814. The van der Waals surface area contributed by atoms with E-state index < -0.39 is 17.3 Å². The highest BCUT2D eigenvalue weighted by Crippen LogP contribution is 2.30. The van der Waals surface area contributed by atoms with Gasteiger partial charge in [-0.05, 0) is 42.7 Å². The molecule has 0 aliphatic heterocycles. The van der Waals surface area contributed by atoms with Gasteiger partial charge in [0.2, 0.25) is 0 Å². The zero-order valence-corrected chi connectivity index (χ0v) is 13.5. The third kappa shape index (κ3) is 3.15. The van der Waals surface area contributed by atoms with Crippen LogP contribution in [0.15, 0.2) is 50.5 Å². The molecule has 2 aromatic carbocycles. The lowest BCUT2D eigenvalue weighted by Gasteiger charge is -2.09. The van der Waals surface area contributed by atoms with Gasteiger partial charge >= 0.3 is 5.63 Å². The highest BCUT2D eigenvalue weighted by atomic mass is 32.2. The van der Waals surface area contributed by atoms with Crippen molar-refractivity contribution in [2.24, 2.45) is 0 Å². The van der Waals surface area contributed by atoms with Crippen LogP contribution < -0.4 is 5.63 Å². The molecule has 1 heterocycles. The van der Waals surface area contributed by atoms with E-state index in [0.717, 1.165) is 28.1 Å². The normalized spacial score (nSPS) is 11.1. The van der Waals surface area contributed by atoms with Gasteiger partial charge in [-0.15, -0.1) is 11.8 Å². The van der Waals surface area contributed by atoms with Crippen LogP contribution in [-0.2, 0) is 5.75 Å². The molecule has 2 nitrogen and oxygen atoms in total. The summed E-state index contributed by atoms with van der Waals surface area (Å²) in [7, 11) is 0. The second-order valence-corrected chi connectivity index (χ2v) is 6.36. The molecule has 5 heteroatoms. The van der Waals surface area contributed by atoms with E-state index in [0.29, 0.717) is 16.2 Å². The number of hydrogen-bond acceptors (Lipinski definition) is 3. The van der Waals surface area contributed by atoms with Gasteiger partial charge in [-0.1, -0.05) is 12.1 Å². The molecule has 118 valence electrons. The first kappa shape index (κ1) is 15.7. The van der Waals surface area contributed by atoms with Gasteiger partial charge in [-0.2, -0.15) is 0 Å². The summed E-state index contributed by atoms with van der Waals surface area (Å²) >= 11 is 1.22. The molecule has 0 amide bonds. The van der Waals surface area contributed by atoms with Crippen molar-refractivity contribution >= 4 is 22.7 Å². The summed E-state index contributed by atoms with van der Waals surface area (Å²) in [5.41, 5.74) is 2.86. The van der Waals surface area contributed by atoms with Crippen LogP contribution in [0.2, 0.25) is 0 Å². The first-order chi connectivity index (χ1) is 11.0. The van der Waals surface area contributed by atoms with Crippen molar-refractivity contribution in [3.8, 4) is 0 Å². The fourth-order valence-corrected chi connectivity index (χ4v) is 3.30. The molecule has 0 radical (unpaired) electrons. The second kappa shape index (κ2) is 6.16. The molecule has 0 aliphatic rings. The molecule has 0 aliphatic carbocycles. The van der Waals surface area contributed by atoms with Gasteiger partial charge in [0, 0.05) is 28.2 Å². The average molecular weight is 332 g/mol. The Kier molecular flexibility index (Phi) is 4.22. The highest BCUT2D eigenvalue weighted by Gasteiger charge is 2.11. The van der Waals surface area contributed by atoms with Crippen molar-refractivity contribution < 1.29 is 13.2 Å². The van der Waals surface area contributed by atoms with E-state index in [1.54, 1.807) is 0 Å². The molecule has 23 heavy (non-hydrogen) atoms. The van der Waals surface area contributed by atoms with Crippen LogP contribution in [0.4, 0.5) is 8.78 Å². The van der Waals surface area contributed by atoms with Gasteiger partial charge in [0.15, 0.2) is 0 Å². The third-order valence-corrected chi connectivity index (χ3v) is 4.89. The largest absolute Gasteiger partial charge is 0.422 e. The summed E-state index contributed by atoms with van der Waals surface area (Å²) in [6.07, 6.45) is 0. The van der Waals surface area contributed by atoms with Crippen molar-refractivity contribution in [1.29, 1.82) is 0 Å². The van der Waals surface area contributed by atoms with Crippen LogP contribution in [0.5, 0.6) is 0 Å². The Morgan fingerprint density at radius 2 is 1.87 bits per heavy atom. The second-order valence-electron chi connectivity index (χ2n) is 5.34. The predicted molar refractivity (Wildman–Crippen MR) is 87.9 cm³/mol. The number of aryl methyl sites for hydroxylation is 2. The molecule has 3 aromatic rings. The van der Waals surface area contributed by atoms with E-state index in [9.17, 15) is 13.6 Å². The molecule has 0 saturated heterocycles. The third-order valence-electron chi connectivity index (χ3n) is 3.79. The molecule has 0 unspecified atom stereocenters. The summed E-state index contributed by atoms with van der Waals surface area (Å²) < 4.78 is 32.0. The molecule has 3 rings (SSSR count). The number of thioether (sulfide) groups is 1. The van der Waals surface area contributed by atoms with Crippen LogP contribution in [0.1, 0.15) is 16.7 Å². The lowest BCUT2D eigenvalue weighted by atomic mass is 10.0. The average Bonchev–Trinajstić information content (AvgIpc) is 2.50. The Morgan fingerprint density at radius 1 is 1.09 bits per heavy atom. The van der Waals surface area contributed by atoms with Crippen LogP contribution in [0.3, 0.4) is 0 Å². The van der Waals surface area contributed by atoms with Gasteiger partial charge in [-0.25, -0.2) is 13.6 Å². The van der Waals surface area contributed by atoms with Gasteiger partial charge < -0.3 is 4.42 Å². The van der Waals surface area contributed by atoms with E-state index >= 15 is 0 Å². The summed E-state index contributed by atoms with van der Waals surface area (Å²) in [4.78, 5) is 12.1. The zero-order chi connectivity index (χ0) is 16.6. The molecule has 0 atom stereocenters. The van der Waals surface area contributed by atoms with Crippen molar-refractivity contribution in [1.82, 2.24) is 0 Å². The monoisotopic (exact) mass is 332 g/mol. The first-order valence-corrected chi connectivity index (χ1v) is 8.05. The smallest absolute Gasteiger partial charge is 0.336 e. The topological polar surface area (TPSA) is 30.2 Å². The highest BCUT2D eigenvalue weighted by molar-refractivity contribution is 7.98. The molecular weight excluding hydrogens is 318 g/mol. The minimum absolute atomic E-state index is 0.344. The summed E-state index contributed by atoms with van der Waals surface area (Å²) in [6, 6.07) is 8.76. The Morgan fingerprint density at radius 3 is 2.61 bits per heavy atom. The lowest BCUT2D eigenvalue weighted by molar-refractivity contribution is 0.557. The van der Waals surface area contributed by atoms with Crippen LogP contribution in [0.25, 0.3) is 11.0 Å². The van der Waals surface area contributed by atoms with Crippen LogP contribution in [-0.4, -0.2) is 0 Å². The molecule has 0 fully saturated rings. The van der Waals surface area contributed by atoms with Crippen LogP contribution >= 0.6 is 11.8 Å². The van der Waals surface area contributed by atoms with Gasteiger partial charge in [0.25, 0.3) is 0 Å². The first-order valence-electron chi connectivity index (χ1n) is 7.06. The van der Waals surface area contributed by atoms with Crippen molar-refractivity contribution in [3.63, 3.8) is 0 Å². The fourth-order valence-electron chi connectivity index (χ4n) is 2.39. The maximum atomic E-state index is 13.7. The Bertz CT molecular complexity index is 948. The van der Waals surface area contributed by atoms with E-state index in [1.807, 2.05) is 26.0 Å². The minimum atomic E-state index is -0.608. The van der Waals surface area contributed by atoms with Gasteiger partial charge in [0.05, 0.1) is 0 Å². The van der Waals surface area contributed by atoms with E-state index in [2.05, 4.69) is 0 Å².